The van der Waals surface area contributed by atoms with Crippen molar-refractivity contribution in [2.45, 2.75) is 89.4 Å². The van der Waals surface area contributed by atoms with Gasteiger partial charge >= 0.3 is 0 Å². The lowest BCUT2D eigenvalue weighted by atomic mass is 9.89. The Kier molecular flexibility index (Phi) is 9.12. The fourth-order valence-corrected chi connectivity index (χ4v) is 5.33. The summed E-state index contributed by atoms with van der Waals surface area (Å²) in [6.45, 7) is 14.4. The number of hydrogen-bond donors (Lipinski definition) is 1. The third-order valence-electron chi connectivity index (χ3n) is 7.22. The maximum absolute atomic E-state index is 10.4. The molecule has 6 heteroatoms. The highest BCUT2D eigenvalue weighted by molar-refractivity contribution is 6.74. The van der Waals surface area contributed by atoms with Gasteiger partial charge in [-0.25, -0.2) is 0 Å². The molecule has 1 N–H and O–H groups in total. The second-order valence-corrected chi connectivity index (χ2v) is 15.8. The molecular formula is C28H42O5Si. The predicted molar refractivity (Wildman–Crippen MR) is 138 cm³/mol. The maximum Gasteiger partial charge on any atom is 0.192 e. The largest absolute Gasteiger partial charge is 0.411 e. The molecule has 1 aliphatic rings. The highest BCUT2D eigenvalue weighted by Gasteiger charge is 2.50. The van der Waals surface area contributed by atoms with Gasteiger partial charge in [-0.2, -0.15) is 0 Å². The Morgan fingerprint density at radius 3 is 2.06 bits per heavy atom. The van der Waals surface area contributed by atoms with Crippen LogP contribution in [0.1, 0.15) is 45.2 Å². The van der Waals surface area contributed by atoms with Gasteiger partial charge in [0.15, 0.2) is 8.32 Å². The number of aliphatic hydroxyl groups is 1. The van der Waals surface area contributed by atoms with Gasteiger partial charge in [-0.05, 0) is 36.2 Å². The average Bonchev–Trinajstić information content (AvgIpc) is 2.80. The minimum absolute atomic E-state index is 0.0550. The van der Waals surface area contributed by atoms with E-state index in [4.69, 9.17) is 18.6 Å². The van der Waals surface area contributed by atoms with Crippen molar-refractivity contribution in [2.75, 3.05) is 13.2 Å². The van der Waals surface area contributed by atoms with Crippen LogP contribution in [0.4, 0.5) is 0 Å². The molecule has 1 heterocycles. The number of benzene rings is 2. The number of ether oxygens (including phenoxy) is 3. The first-order valence-electron chi connectivity index (χ1n) is 12.3. The van der Waals surface area contributed by atoms with Gasteiger partial charge in [-0.15, -0.1) is 0 Å². The van der Waals surface area contributed by atoms with Crippen LogP contribution in [-0.2, 0) is 31.9 Å². The van der Waals surface area contributed by atoms with Crippen molar-refractivity contribution >= 4 is 8.32 Å². The Bertz CT molecular complexity index is 867. The fraction of sp³-hybridized carbons (Fsp3) is 0.571. The summed E-state index contributed by atoms with van der Waals surface area (Å²) in [6, 6.07) is 20.3. The molecule has 1 fully saturated rings. The SMILES string of the molecule is CC(C)(C)[Si](C)(C)O[C@H]1C[C@@H](OCc2ccccc2)[C@H](COCc2ccccc2)O[C@]1(C)CO. The van der Waals surface area contributed by atoms with Gasteiger partial charge in [0.1, 0.15) is 11.7 Å². The number of rotatable bonds is 10. The molecule has 0 aromatic heterocycles. The second-order valence-electron chi connectivity index (χ2n) is 11.1. The molecule has 0 spiro atoms. The zero-order valence-corrected chi connectivity index (χ0v) is 22.6. The summed E-state index contributed by atoms with van der Waals surface area (Å²) >= 11 is 0. The van der Waals surface area contributed by atoms with Crippen LogP contribution in [-0.4, -0.2) is 50.6 Å². The molecule has 34 heavy (non-hydrogen) atoms. The summed E-state index contributed by atoms with van der Waals surface area (Å²) in [5.41, 5.74) is 1.41. The van der Waals surface area contributed by atoms with Crippen molar-refractivity contribution in [3.05, 3.63) is 71.8 Å². The molecule has 0 bridgehead atoms. The molecule has 4 atom stereocenters. The first-order chi connectivity index (χ1) is 16.0. The van der Waals surface area contributed by atoms with E-state index in [1.54, 1.807) is 0 Å². The highest BCUT2D eigenvalue weighted by Crippen LogP contribution is 2.42. The standard InChI is InChI=1S/C28H42O5Si/c1-27(2,3)34(5,6)33-26-17-24(31-19-23-15-11-8-12-16-23)25(32-28(26,4)21-29)20-30-18-22-13-9-7-10-14-22/h7-16,24-26,29H,17-21H2,1-6H3/t24-,25+,26+,28-/m1/s1. The quantitative estimate of drug-likeness (QED) is 0.435. The fourth-order valence-electron chi connectivity index (χ4n) is 3.92. The van der Waals surface area contributed by atoms with Crippen LogP contribution in [0.5, 0.6) is 0 Å². The van der Waals surface area contributed by atoms with E-state index in [0.717, 1.165) is 11.1 Å². The lowest BCUT2D eigenvalue weighted by molar-refractivity contribution is -0.249. The summed E-state index contributed by atoms with van der Waals surface area (Å²) in [4.78, 5) is 0. The number of aliphatic hydroxyl groups excluding tert-OH is 1. The Labute approximate surface area is 206 Å². The monoisotopic (exact) mass is 486 g/mol. The van der Waals surface area contributed by atoms with E-state index >= 15 is 0 Å². The van der Waals surface area contributed by atoms with E-state index < -0.39 is 13.9 Å². The van der Waals surface area contributed by atoms with Crippen LogP contribution < -0.4 is 0 Å². The summed E-state index contributed by atoms with van der Waals surface area (Å²) in [5.74, 6) is 0. The van der Waals surface area contributed by atoms with Crippen molar-refractivity contribution in [2.24, 2.45) is 0 Å². The molecular weight excluding hydrogens is 444 g/mol. The van der Waals surface area contributed by atoms with E-state index in [9.17, 15) is 5.11 Å². The Morgan fingerprint density at radius 2 is 1.53 bits per heavy atom. The van der Waals surface area contributed by atoms with Crippen LogP contribution in [0.15, 0.2) is 60.7 Å². The summed E-state index contributed by atoms with van der Waals surface area (Å²) in [7, 11) is -2.08. The summed E-state index contributed by atoms with van der Waals surface area (Å²) in [5, 5.41) is 10.4. The topological polar surface area (TPSA) is 57.2 Å². The molecule has 1 aliphatic heterocycles. The summed E-state index contributed by atoms with van der Waals surface area (Å²) < 4.78 is 25.8. The molecule has 0 aliphatic carbocycles. The van der Waals surface area contributed by atoms with E-state index in [1.807, 2.05) is 55.5 Å². The first-order valence-corrected chi connectivity index (χ1v) is 15.2. The Hall–Kier alpha value is -1.54. The van der Waals surface area contributed by atoms with Gasteiger partial charge in [0.2, 0.25) is 0 Å². The molecule has 3 rings (SSSR count). The van der Waals surface area contributed by atoms with Crippen molar-refractivity contribution in [3.63, 3.8) is 0 Å². The zero-order chi connectivity index (χ0) is 24.8. The normalized spacial score (nSPS) is 25.9. The molecule has 5 nitrogen and oxygen atoms in total. The van der Waals surface area contributed by atoms with E-state index in [0.29, 0.717) is 26.2 Å². The predicted octanol–water partition coefficient (Wildman–Crippen LogP) is 5.72. The first kappa shape index (κ1) is 27.1. The van der Waals surface area contributed by atoms with Gasteiger partial charge in [0.05, 0.1) is 38.6 Å². The molecule has 2 aromatic carbocycles. The lowest BCUT2D eigenvalue weighted by Gasteiger charge is -2.50. The third-order valence-corrected chi connectivity index (χ3v) is 11.7. The molecule has 0 unspecified atom stereocenters. The minimum Gasteiger partial charge on any atom is -0.411 e. The lowest BCUT2D eigenvalue weighted by Crippen LogP contribution is -2.62. The van der Waals surface area contributed by atoms with Crippen LogP contribution >= 0.6 is 0 Å². The van der Waals surface area contributed by atoms with Crippen molar-refractivity contribution in [1.29, 1.82) is 0 Å². The van der Waals surface area contributed by atoms with E-state index in [-0.39, 0.29) is 30.0 Å². The van der Waals surface area contributed by atoms with Crippen LogP contribution in [0.3, 0.4) is 0 Å². The van der Waals surface area contributed by atoms with Crippen LogP contribution in [0, 0.1) is 0 Å². The second kappa shape index (κ2) is 11.5. The van der Waals surface area contributed by atoms with Crippen molar-refractivity contribution < 1.29 is 23.7 Å². The molecule has 1 saturated heterocycles. The molecule has 0 amide bonds. The molecule has 0 saturated carbocycles. The Morgan fingerprint density at radius 1 is 0.971 bits per heavy atom. The molecule has 0 radical (unpaired) electrons. The zero-order valence-electron chi connectivity index (χ0n) is 21.6. The number of hydrogen-bond acceptors (Lipinski definition) is 5. The van der Waals surface area contributed by atoms with Gasteiger partial charge in [-0.3, -0.25) is 0 Å². The van der Waals surface area contributed by atoms with Gasteiger partial charge < -0.3 is 23.7 Å². The van der Waals surface area contributed by atoms with E-state index in [2.05, 4.69) is 46.0 Å². The summed E-state index contributed by atoms with van der Waals surface area (Å²) in [6.07, 6.45) is -0.116. The van der Waals surface area contributed by atoms with Crippen LogP contribution in [0.2, 0.25) is 18.1 Å². The van der Waals surface area contributed by atoms with Gasteiger partial charge in [0.25, 0.3) is 0 Å². The molecule has 2 aromatic rings. The molecule has 188 valence electrons. The smallest absolute Gasteiger partial charge is 0.192 e. The van der Waals surface area contributed by atoms with Crippen LogP contribution in [0.25, 0.3) is 0 Å². The maximum atomic E-state index is 10.4. The highest BCUT2D eigenvalue weighted by atomic mass is 28.4. The third kappa shape index (κ3) is 7.00. The average molecular weight is 487 g/mol. The minimum atomic E-state index is -2.08. The van der Waals surface area contributed by atoms with E-state index in [1.165, 1.54) is 0 Å². The Balaban J connectivity index is 1.75. The van der Waals surface area contributed by atoms with Crippen molar-refractivity contribution in [1.82, 2.24) is 0 Å². The van der Waals surface area contributed by atoms with Gasteiger partial charge in [-0.1, -0.05) is 81.4 Å². The van der Waals surface area contributed by atoms with Crippen molar-refractivity contribution in [3.8, 4) is 0 Å². The van der Waals surface area contributed by atoms with Gasteiger partial charge in [0, 0.05) is 6.42 Å².